The number of nitrogens with one attached hydrogen (secondary N) is 1. The number of nitrogens with zero attached hydrogens (tertiary/aromatic N) is 1. The van der Waals surface area contributed by atoms with Gasteiger partial charge in [0.05, 0.1) is 9.79 Å². The van der Waals surface area contributed by atoms with Crippen LogP contribution in [0.15, 0.2) is 58.3 Å². The molecule has 1 N–H and O–H groups in total. The Kier molecular flexibility index (Phi) is 6.49. The van der Waals surface area contributed by atoms with Crippen molar-refractivity contribution in [3.8, 4) is 0 Å². The van der Waals surface area contributed by atoms with Crippen LogP contribution in [-0.4, -0.2) is 40.8 Å². The Morgan fingerprint density at radius 1 is 0.821 bits per heavy atom. The van der Waals surface area contributed by atoms with Crippen molar-refractivity contribution < 1.29 is 21.2 Å². The maximum atomic E-state index is 12.9. The molecule has 1 fully saturated rings. The maximum Gasteiger partial charge on any atom is 0.243 e. The first-order valence-electron chi connectivity index (χ1n) is 9.13. The molecule has 152 valence electrons. The van der Waals surface area contributed by atoms with Crippen LogP contribution in [-0.2, 0) is 26.5 Å². The number of piperidine rings is 1. The summed E-state index contributed by atoms with van der Waals surface area (Å²) in [6, 6.07) is 11.1. The molecular formula is C19H23FN2O4S2. The first-order valence-corrected chi connectivity index (χ1v) is 12.1. The Hall–Kier alpha value is -1.81. The third kappa shape index (κ3) is 4.96. The molecule has 1 saturated heterocycles. The second-order valence-corrected chi connectivity index (χ2v) is 10.4. The van der Waals surface area contributed by atoms with Gasteiger partial charge in [-0.3, -0.25) is 0 Å². The molecule has 2 aromatic carbocycles. The molecular weight excluding hydrogens is 403 g/mol. The lowest BCUT2D eigenvalue weighted by Crippen LogP contribution is -2.35. The van der Waals surface area contributed by atoms with Gasteiger partial charge in [0.25, 0.3) is 0 Å². The average Bonchev–Trinajstić information content (AvgIpc) is 2.70. The van der Waals surface area contributed by atoms with E-state index in [1.165, 1.54) is 40.7 Å². The topological polar surface area (TPSA) is 83.5 Å². The highest BCUT2D eigenvalue weighted by Gasteiger charge is 2.26. The van der Waals surface area contributed by atoms with Crippen molar-refractivity contribution in [2.45, 2.75) is 35.5 Å². The fraction of sp³-hybridized carbons (Fsp3) is 0.368. The Balaban J connectivity index is 1.65. The van der Waals surface area contributed by atoms with Gasteiger partial charge in [-0.15, -0.1) is 0 Å². The molecule has 0 bridgehead atoms. The van der Waals surface area contributed by atoms with Crippen LogP contribution in [0.2, 0.25) is 0 Å². The first-order chi connectivity index (χ1) is 13.3. The summed E-state index contributed by atoms with van der Waals surface area (Å²) in [6.45, 7) is 1.14. The minimum Gasteiger partial charge on any atom is -0.211 e. The van der Waals surface area contributed by atoms with Crippen molar-refractivity contribution in [3.63, 3.8) is 0 Å². The summed E-state index contributed by atoms with van der Waals surface area (Å²) in [5, 5.41) is 0. The maximum absolute atomic E-state index is 12.9. The number of benzene rings is 2. The van der Waals surface area contributed by atoms with E-state index in [1.807, 2.05) is 0 Å². The number of hydrogen-bond acceptors (Lipinski definition) is 4. The summed E-state index contributed by atoms with van der Waals surface area (Å²) >= 11 is 0. The molecule has 28 heavy (non-hydrogen) atoms. The normalized spacial score (nSPS) is 16.2. The molecule has 2 aromatic rings. The molecule has 0 aromatic heterocycles. The zero-order valence-electron chi connectivity index (χ0n) is 15.3. The lowest BCUT2D eigenvalue weighted by Gasteiger charge is -2.25. The number of halogens is 1. The van der Waals surface area contributed by atoms with E-state index in [0.29, 0.717) is 19.5 Å². The van der Waals surface area contributed by atoms with Crippen LogP contribution in [0.5, 0.6) is 0 Å². The largest absolute Gasteiger partial charge is 0.243 e. The molecule has 0 radical (unpaired) electrons. The standard InChI is InChI=1S/C19H23FN2O4S2/c20-17-6-4-16(5-7-17)12-13-21-27(23,24)18-8-10-19(11-9-18)28(25,26)22-14-2-1-3-15-22/h4-11,21H,1-3,12-15H2. The van der Waals surface area contributed by atoms with Crippen molar-refractivity contribution in [1.29, 1.82) is 0 Å². The summed E-state index contributed by atoms with van der Waals surface area (Å²) in [7, 11) is -7.35. The summed E-state index contributed by atoms with van der Waals surface area (Å²) in [5.74, 6) is -0.344. The Morgan fingerprint density at radius 3 is 2.00 bits per heavy atom. The van der Waals surface area contributed by atoms with Crippen molar-refractivity contribution in [2.75, 3.05) is 19.6 Å². The van der Waals surface area contributed by atoms with Crippen molar-refractivity contribution in [2.24, 2.45) is 0 Å². The molecule has 1 aliphatic rings. The molecule has 0 aliphatic carbocycles. The smallest absolute Gasteiger partial charge is 0.211 e. The van der Waals surface area contributed by atoms with Gasteiger partial charge in [0, 0.05) is 19.6 Å². The first kappa shape index (κ1) is 20.9. The molecule has 0 unspecified atom stereocenters. The van der Waals surface area contributed by atoms with Gasteiger partial charge in [-0.25, -0.2) is 25.9 Å². The molecule has 1 heterocycles. The van der Waals surface area contributed by atoms with Gasteiger partial charge < -0.3 is 0 Å². The van der Waals surface area contributed by atoms with Crippen molar-refractivity contribution >= 4 is 20.0 Å². The molecule has 0 amide bonds. The molecule has 6 nitrogen and oxygen atoms in total. The molecule has 0 atom stereocenters. The predicted molar refractivity (Wildman–Crippen MR) is 104 cm³/mol. The zero-order valence-corrected chi connectivity index (χ0v) is 17.0. The highest BCUT2D eigenvalue weighted by atomic mass is 32.2. The predicted octanol–water partition coefficient (Wildman–Crippen LogP) is 2.52. The van der Waals surface area contributed by atoms with Gasteiger partial charge in [-0.1, -0.05) is 18.6 Å². The van der Waals surface area contributed by atoms with E-state index in [9.17, 15) is 21.2 Å². The van der Waals surface area contributed by atoms with Crippen LogP contribution >= 0.6 is 0 Å². The second-order valence-electron chi connectivity index (χ2n) is 6.71. The molecule has 1 aliphatic heterocycles. The van der Waals surface area contributed by atoms with Gasteiger partial charge in [-0.05, 0) is 61.2 Å². The van der Waals surface area contributed by atoms with Crippen molar-refractivity contribution in [1.82, 2.24) is 9.03 Å². The van der Waals surface area contributed by atoms with Crippen LogP contribution in [0.3, 0.4) is 0 Å². The van der Waals surface area contributed by atoms with Gasteiger partial charge >= 0.3 is 0 Å². The van der Waals surface area contributed by atoms with E-state index < -0.39 is 20.0 Å². The van der Waals surface area contributed by atoms with E-state index in [4.69, 9.17) is 0 Å². The lowest BCUT2D eigenvalue weighted by molar-refractivity contribution is 0.346. The highest BCUT2D eigenvalue weighted by Crippen LogP contribution is 2.22. The van der Waals surface area contributed by atoms with Gasteiger partial charge in [0.1, 0.15) is 5.82 Å². The Bertz CT molecular complexity index is 999. The highest BCUT2D eigenvalue weighted by molar-refractivity contribution is 7.89. The van der Waals surface area contributed by atoms with E-state index in [0.717, 1.165) is 24.8 Å². The monoisotopic (exact) mass is 426 g/mol. The van der Waals surface area contributed by atoms with Gasteiger partial charge in [0.15, 0.2) is 0 Å². The second kappa shape index (κ2) is 8.69. The third-order valence-electron chi connectivity index (χ3n) is 4.71. The van der Waals surface area contributed by atoms with Crippen LogP contribution in [0.1, 0.15) is 24.8 Å². The molecule has 3 rings (SSSR count). The minimum absolute atomic E-state index is 0.00389. The van der Waals surface area contributed by atoms with Gasteiger partial charge in [0.2, 0.25) is 20.0 Å². The summed E-state index contributed by atoms with van der Waals surface area (Å²) in [6.07, 6.45) is 3.11. The fourth-order valence-electron chi connectivity index (χ4n) is 3.11. The van der Waals surface area contributed by atoms with Crippen LogP contribution in [0.25, 0.3) is 0 Å². The van der Waals surface area contributed by atoms with Gasteiger partial charge in [-0.2, -0.15) is 4.31 Å². The molecule has 9 heteroatoms. The van der Waals surface area contributed by atoms with E-state index in [1.54, 1.807) is 12.1 Å². The third-order valence-corrected chi connectivity index (χ3v) is 8.10. The molecule has 0 saturated carbocycles. The van der Waals surface area contributed by atoms with Crippen LogP contribution in [0.4, 0.5) is 4.39 Å². The number of rotatable bonds is 7. The Morgan fingerprint density at radius 2 is 1.39 bits per heavy atom. The number of hydrogen-bond donors (Lipinski definition) is 1. The van der Waals surface area contributed by atoms with Crippen LogP contribution in [0, 0.1) is 5.82 Å². The summed E-state index contributed by atoms with van der Waals surface area (Å²) < 4.78 is 66.9. The number of sulfonamides is 2. The van der Waals surface area contributed by atoms with Crippen LogP contribution < -0.4 is 4.72 Å². The minimum atomic E-state index is -3.76. The zero-order chi connectivity index (χ0) is 20.2. The lowest BCUT2D eigenvalue weighted by atomic mass is 10.1. The van der Waals surface area contributed by atoms with E-state index >= 15 is 0 Å². The molecule has 0 spiro atoms. The summed E-state index contributed by atoms with van der Waals surface area (Å²) in [4.78, 5) is 0.101. The summed E-state index contributed by atoms with van der Waals surface area (Å²) in [5.41, 5.74) is 0.812. The average molecular weight is 427 g/mol. The van der Waals surface area contributed by atoms with Crippen molar-refractivity contribution in [3.05, 3.63) is 59.9 Å². The van der Waals surface area contributed by atoms with E-state index in [-0.39, 0.29) is 22.2 Å². The quantitative estimate of drug-likeness (QED) is 0.737. The fourth-order valence-corrected chi connectivity index (χ4v) is 5.66. The van der Waals surface area contributed by atoms with E-state index in [2.05, 4.69) is 4.72 Å². The SMILES string of the molecule is O=S(=O)(NCCc1ccc(F)cc1)c1ccc(S(=O)(=O)N2CCCCC2)cc1. The Labute approximate surface area is 165 Å².